The summed E-state index contributed by atoms with van der Waals surface area (Å²) in [5, 5.41) is 3.01. The molecular weight excluding hydrogens is 257 g/mol. The Kier molecular flexibility index (Phi) is 3.50. The fraction of sp³-hybridized carbons (Fsp3) is 0.308. The number of aromatic amines is 1. The first kappa shape index (κ1) is 13.5. The summed E-state index contributed by atoms with van der Waals surface area (Å²) in [5.74, 6) is 0. The number of alkyl halides is 3. The number of pyridine rings is 1. The van der Waals surface area contributed by atoms with E-state index in [0.29, 0.717) is 18.3 Å². The SMILES string of the molecule is CCCNc1ccc2[nH]c(=O)cc(C(F)(F)F)c2c1. The summed E-state index contributed by atoms with van der Waals surface area (Å²) < 4.78 is 38.7. The van der Waals surface area contributed by atoms with E-state index in [1.165, 1.54) is 12.1 Å². The number of fused-ring (bicyclic) bond motifs is 1. The molecule has 1 aromatic heterocycles. The molecule has 0 bridgehead atoms. The van der Waals surface area contributed by atoms with Crippen molar-refractivity contribution < 1.29 is 13.2 Å². The second-order valence-electron chi connectivity index (χ2n) is 4.23. The molecular formula is C13H13F3N2O. The molecule has 19 heavy (non-hydrogen) atoms. The molecule has 0 fully saturated rings. The van der Waals surface area contributed by atoms with Gasteiger partial charge in [-0.05, 0) is 24.6 Å². The quantitative estimate of drug-likeness (QED) is 0.898. The van der Waals surface area contributed by atoms with Gasteiger partial charge >= 0.3 is 6.18 Å². The number of hydrogen-bond donors (Lipinski definition) is 2. The molecule has 0 spiro atoms. The van der Waals surface area contributed by atoms with Gasteiger partial charge in [-0.2, -0.15) is 13.2 Å². The molecule has 2 rings (SSSR count). The van der Waals surface area contributed by atoms with Gasteiger partial charge in [0.2, 0.25) is 5.56 Å². The van der Waals surface area contributed by atoms with Gasteiger partial charge in [0.1, 0.15) is 0 Å². The van der Waals surface area contributed by atoms with E-state index in [1.807, 2.05) is 6.92 Å². The molecule has 0 saturated carbocycles. The van der Waals surface area contributed by atoms with Crippen molar-refractivity contribution in [2.75, 3.05) is 11.9 Å². The third-order valence-corrected chi connectivity index (χ3v) is 2.73. The summed E-state index contributed by atoms with van der Waals surface area (Å²) >= 11 is 0. The molecule has 3 nitrogen and oxygen atoms in total. The molecule has 6 heteroatoms. The Bertz CT molecular complexity index is 646. The second kappa shape index (κ2) is 4.95. The molecule has 0 atom stereocenters. The summed E-state index contributed by atoms with van der Waals surface area (Å²) in [7, 11) is 0. The van der Waals surface area contributed by atoms with Crippen LogP contribution in [0.15, 0.2) is 29.1 Å². The van der Waals surface area contributed by atoms with Gasteiger partial charge in [0, 0.05) is 29.2 Å². The maximum Gasteiger partial charge on any atom is 0.417 e. The van der Waals surface area contributed by atoms with Gasteiger partial charge in [-0.25, -0.2) is 0 Å². The lowest BCUT2D eigenvalue weighted by molar-refractivity contribution is -0.136. The lowest BCUT2D eigenvalue weighted by atomic mass is 10.1. The van der Waals surface area contributed by atoms with E-state index in [1.54, 1.807) is 6.07 Å². The average Bonchev–Trinajstić information content (AvgIpc) is 2.34. The van der Waals surface area contributed by atoms with E-state index >= 15 is 0 Å². The predicted molar refractivity (Wildman–Crippen MR) is 68.4 cm³/mol. The van der Waals surface area contributed by atoms with Gasteiger partial charge in [0.25, 0.3) is 0 Å². The van der Waals surface area contributed by atoms with Crippen molar-refractivity contribution in [1.82, 2.24) is 4.98 Å². The first-order valence-electron chi connectivity index (χ1n) is 5.90. The molecule has 1 aromatic carbocycles. The molecule has 1 heterocycles. The topological polar surface area (TPSA) is 44.9 Å². The number of aromatic nitrogens is 1. The van der Waals surface area contributed by atoms with Gasteiger partial charge in [-0.3, -0.25) is 4.79 Å². The third-order valence-electron chi connectivity index (χ3n) is 2.73. The Labute approximate surface area is 107 Å². The molecule has 0 aliphatic rings. The monoisotopic (exact) mass is 270 g/mol. The molecule has 0 saturated heterocycles. The van der Waals surface area contributed by atoms with Gasteiger partial charge in [-0.1, -0.05) is 6.92 Å². The Balaban J connectivity index is 2.62. The van der Waals surface area contributed by atoms with E-state index in [2.05, 4.69) is 10.3 Å². The van der Waals surface area contributed by atoms with E-state index in [4.69, 9.17) is 0 Å². The Morgan fingerprint density at radius 2 is 2.00 bits per heavy atom. The number of rotatable bonds is 3. The number of hydrogen-bond acceptors (Lipinski definition) is 2. The lowest BCUT2D eigenvalue weighted by Gasteiger charge is -2.12. The number of benzene rings is 1. The van der Waals surface area contributed by atoms with Crippen molar-refractivity contribution in [3.8, 4) is 0 Å². The van der Waals surface area contributed by atoms with Gasteiger partial charge in [0.05, 0.1) is 5.56 Å². The van der Waals surface area contributed by atoms with Crippen molar-refractivity contribution in [1.29, 1.82) is 0 Å². The fourth-order valence-corrected chi connectivity index (χ4v) is 1.87. The molecule has 0 aliphatic carbocycles. The van der Waals surface area contributed by atoms with Crippen LogP contribution in [0.5, 0.6) is 0 Å². The highest BCUT2D eigenvalue weighted by Gasteiger charge is 2.33. The molecule has 0 radical (unpaired) electrons. The zero-order chi connectivity index (χ0) is 14.0. The minimum Gasteiger partial charge on any atom is -0.385 e. The lowest BCUT2D eigenvalue weighted by Crippen LogP contribution is -2.14. The molecule has 2 N–H and O–H groups in total. The molecule has 0 aliphatic heterocycles. The summed E-state index contributed by atoms with van der Waals surface area (Å²) in [5.41, 5.74) is -0.880. The normalized spacial score (nSPS) is 11.8. The van der Waals surface area contributed by atoms with Crippen molar-refractivity contribution in [3.05, 3.63) is 40.2 Å². The minimum atomic E-state index is -4.55. The molecule has 0 amide bonds. The summed E-state index contributed by atoms with van der Waals surface area (Å²) in [6, 6.07) is 5.12. The highest BCUT2D eigenvalue weighted by Crippen LogP contribution is 2.34. The van der Waals surface area contributed by atoms with Crippen molar-refractivity contribution in [2.24, 2.45) is 0 Å². The molecule has 2 aromatic rings. The van der Waals surface area contributed by atoms with Gasteiger partial charge in [-0.15, -0.1) is 0 Å². The zero-order valence-electron chi connectivity index (χ0n) is 10.3. The van der Waals surface area contributed by atoms with Crippen LogP contribution in [0.25, 0.3) is 10.9 Å². The second-order valence-corrected chi connectivity index (χ2v) is 4.23. The number of H-pyrrole nitrogens is 1. The smallest absolute Gasteiger partial charge is 0.385 e. The first-order chi connectivity index (χ1) is 8.91. The highest BCUT2D eigenvalue weighted by atomic mass is 19.4. The molecule has 0 unspecified atom stereocenters. The van der Waals surface area contributed by atoms with Crippen LogP contribution in [-0.4, -0.2) is 11.5 Å². The Morgan fingerprint density at radius 1 is 1.26 bits per heavy atom. The van der Waals surface area contributed by atoms with Crippen molar-refractivity contribution in [2.45, 2.75) is 19.5 Å². The van der Waals surface area contributed by atoms with Crippen LogP contribution in [0.4, 0.5) is 18.9 Å². The Morgan fingerprint density at radius 3 is 2.63 bits per heavy atom. The number of halogens is 3. The number of nitrogens with one attached hydrogen (secondary N) is 2. The van der Waals surface area contributed by atoms with E-state index in [9.17, 15) is 18.0 Å². The largest absolute Gasteiger partial charge is 0.417 e. The standard InChI is InChI=1S/C13H13F3N2O/c1-2-5-17-8-3-4-11-9(6-8)10(13(14,15)16)7-12(19)18-11/h3-4,6-7,17H,2,5H2,1H3,(H,18,19). The molecule has 102 valence electrons. The maximum absolute atomic E-state index is 12.9. The predicted octanol–water partition coefficient (Wildman–Crippen LogP) is 3.37. The van der Waals surface area contributed by atoms with Crippen LogP contribution >= 0.6 is 0 Å². The fourth-order valence-electron chi connectivity index (χ4n) is 1.87. The zero-order valence-corrected chi connectivity index (χ0v) is 10.3. The van der Waals surface area contributed by atoms with Crippen LogP contribution < -0.4 is 10.9 Å². The van der Waals surface area contributed by atoms with Crippen LogP contribution in [0.1, 0.15) is 18.9 Å². The van der Waals surface area contributed by atoms with Crippen molar-refractivity contribution >= 4 is 16.6 Å². The first-order valence-corrected chi connectivity index (χ1v) is 5.90. The van der Waals surface area contributed by atoms with Crippen LogP contribution in [0.3, 0.4) is 0 Å². The summed E-state index contributed by atoms with van der Waals surface area (Å²) in [4.78, 5) is 13.6. The number of anilines is 1. The summed E-state index contributed by atoms with van der Waals surface area (Å²) in [6.45, 7) is 2.64. The van der Waals surface area contributed by atoms with Gasteiger partial charge in [0.15, 0.2) is 0 Å². The Hall–Kier alpha value is -1.98. The highest BCUT2D eigenvalue weighted by molar-refractivity contribution is 5.85. The average molecular weight is 270 g/mol. The van der Waals surface area contributed by atoms with E-state index < -0.39 is 17.3 Å². The van der Waals surface area contributed by atoms with E-state index in [0.717, 1.165) is 6.42 Å². The summed E-state index contributed by atoms with van der Waals surface area (Å²) in [6.07, 6.45) is -3.67. The minimum absolute atomic E-state index is 0.00629. The van der Waals surface area contributed by atoms with Crippen molar-refractivity contribution in [3.63, 3.8) is 0 Å². The maximum atomic E-state index is 12.9. The van der Waals surface area contributed by atoms with Crippen LogP contribution in [0, 0.1) is 0 Å². The van der Waals surface area contributed by atoms with Gasteiger partial charge < -0.3 is 10.3 Å². The van der Waals surface area contributed by atoms with Crippen LogP contribution in [-0.2, 0) is 6.18 Å². The third kappa shape index (κ3) is 2.89. The van der Waals surface area contributed by atoms with Crippen LogP contribution in [0.2, 0.25) is 0 Å². The van der Waals surface area contributed by atoms with E-state index in [-0.39, 0.29) is 10.9 Å².